The van der Waals surface area contributed by atoms with E-state index in [1.807, 2.05) is 0 Å². The van der Waals surface area contributed by atoms with Crippen molar-refractivity contribution in [2.45, 2.75) is 40.3 Å². The summed E-state index contributed by atoms with van der Waals surface area (Å²) in [5.74, 6) is 0. The maximum absolute atomic E-state index is 3.32. The first-order valence-electron chi connectivity index (χ1n) is 5.83. The monoisotopic (exact) mass is 349 g/mol. The molecule has 1 heterocycles. The molecule has 104 valence electrons. The molecule has 5 heteroatoms. The van der Waals surface area contributed by atoms with E-state index >= 15 is 0 Å². The summed E-state index contributed by atoms with van der Waals surface area (Å²) in [6.07, 6.45) is 11.8. The number of hydrogen-bond donors (Lipinski definition) is 1. The van der Waals surface area contributed by atoms with Crippen LogP contribution in [0.1, 0.15) is 23.2 Å². The van der Waals surface area contributed by atoms with E-state index in [0.717, 1.165) is 6.42 Å². The first-order chi connectivity index (χ1) is 7.52. The molecule has 0 aliphatic heterocycles. The molecule has 0 saturated heterocycles. The van der Waals surface area contributed by atoms with E-state index in [1.54, 1.807) is 0 Å². The van der Waals surface area contributed by atoms with Crippen LogP contribution in [-0.2, 0) is 21.7 Å². The van der Waals surface area contributed by atoms with Gasteiger partial charge in [0.1, 0.15) is 0 Å². The number of hydrogen-bond acceptors (Lipinski definition) is 0. The van der Waals surface area contributed by atoms with Gasteiger partial charge in [-0.15, -0.1) is 18.3 Å². The second-order valence-corrected chi connectivity index (χ2v) is 7.45. The van der Waals surface area contributed by atoms with E-state index in [9.17, 15) is 0 Å². The zero-order chi connectivity index (χ0) is 12.1. The van der Waals surface area contributed by atoms with E-state index in [2.05, 4.69) is 63.3 Å². The summed E-state index contributed by atoms with van der Waals surface area (Å²) < 4.78 is 0. The standard InChI is InChI=1S/C7H10N.C7H11Si.2ClH.Ti/c1-5-4-8-7(3)6(5)2;1-8(2)7-5-3-4-6-7;;;/h8H,1-3H3;3,5,8H,4H2,1-2H3;2*1H;/q2*-1;;;+4/p-2. The predicted molar refractivity (Wildman–Crippen MR) is 73.2 cm³/mol. The van der Waals surface area contributed by atoms with Gasteiger partial charge in [0.15, 0.2) is 0 Å². The number of allylic oxidation sites excluding steroid dienone is 4. The van der Waals surface area contributed by atoms with Gasteiger partial charge in [-0.2, -0.15) is 17.2 Å². The topological polar surface area (TPSA) is 15.8 Å². The summed E-state index contributed by atoms with van der Waals surface area (Å²) >= 11 is 0. The van der Waals surface area contributed by atoms with Gasteiger partial charge < -0.3 is 29.8 Å². The van der Waals surface area contributed by atoms with E-state index < -0.39 is 8.80 Å². The van der Waals surface area contributed by atoms with Crippen molar-refractivity contribution in [1.29, 1.82) is 0 Å². The molecule has 1 aliphatic carbocycles. The maximum atomic E-state index is 3.32. The molecule has 0 saturated carbocycles. The van der Waals surface area contributed by atoms with Crippen molar-refractivity contribution in [1.82, 2.24) is 4.98 Å². The van der Waals surface area contributed by atoms with Gasteiger partial charge in [0.25, 0.3) is 0 Å². The Bertz CT molecular complexity index is 392. The fourth-order valence-corrected chi connectivity index (χ4v) is 2.52. The van der Waals surface area contributed by atoms with Gasteiger partial charge in [0.05, 0.1) is 0 Å². The summed E-state index contributed by atoms with van der Waals surface area (Å²) in [6, 6.07) is 0. The minimum absolute atomic E-state index is 0. The number of rotatable bonds is 1. The van der Waals surface area contributed by atoms with Gasteiger partial charge in [-0.05, 0) is 0 Å². The van der Waals surface area contributed by atoms with Crippen LogP contribution >= 0.6 is 0 Å². The van der Waals surface area contributed by atoms with Gasteiger partial charge in [-0.25, -0.2) is 11.3 Å². The van der Waals surface area contributed by atoms with E-state index in [0.29, 0.717) is 0 Å². The summed E-state index contributed by atoms with van der Waals surface area (Å²) in [7, 11) is -0.504. The number of H-pyrrole nitrogens is 1. The van der Waals surface area contributed by atoms with Crippen LogP contribution in [0.25, 0.3) is 0 Å². The first-order valence-corrected chi connectivity index (χ1v) is 8.71. The molecule has 1 nitrogen and oxygen atoms in total. The predicted octanol–water partition coefficient (Wildman–Crippen LogP) is -2.55. The number of nitrogens with one attached hydrogen (secondary N) is 1. The fourth-order valence-electron chi connectivity index (χ4n) is 1.47. The Morgan fingerprint density at radius 1 is 1.16 bits per heavy atom. The summed E-state index contributed by atoms with van der Waals surface area (Å²) in [4.78, 5) is 3.01. The van der Waals surface area contributed by atoms with Crippen molar-refractivity contribution in [3.63, 3.8) is 0 Å². The Hall–Kier alpha value is 0.271. The molecule has 0 spiro atoms. The number of aryl methyl sites for hydroxylation is 2. The van der Waals surface area contributed by atoms with Crippen LogP contribution in [0, 0.1) is 33.0 Å². The van der Waals surface area contributed by atoms with Crippen LogP contribution in [0.2, 0.25) is 13.1 Å². The average molecular weight is 350 g/mol. The molecule has 0 atom stereocenters. The smallest absolute Gasteiger partial charge is 1.00 e. The van der Waals surface area contributed by atoms with Crippen molar-refractivity contribution in [3.05, 3.63) is 46.4 Å². The molecule has 1 aromatic heterocycles. The normalized spacial score (nSPS) is 11.6. The van der Waals surface area contributed by atoms with Crippen molar-refractivity contribution in [3.8, 4) is 0 Å². The fraction of sp³-hybridized carbons (Fsp3) is 0.429. The first kappa shape index (κ1) is 24.3. The second-order valence-electron chi connectivity index (χ2n) is 4.52. The van der Waals surface area contributed by atoms with Crippen LogP contribution in [-0.4, -0.2) is 13.8 Å². The zero-order valence-electron chi connectivity index (χ0n) is 12.2. The van der Waals surface area contributed by atoms with Crippen LogP contribution in [0.15, 0.2) is 17.3 Å². The molecular weight excluding hydrogens is 329 g/mol. The van der Waals surface area contributed by atoms with Gasteiger partial charge in [-0.3, -0.25) is 6.08 Å². The second kappa shape index (κ2) is 12.0. The molecular formula is C14H21Cl2NSiTi. The molecule has 0 aromatic carbocycles. The Kier molecular flexibility index (Phi) is 15.4. The molecule has 0 fully saturated rings. The number of aromatic amines is 1. The average Bonchev–Trinajstić information content (AvgIpc) is 2.86. The molecule has 2 rings (SSSR count). The Morgan fingerprint density at radius 3 is 1.89 bits per heavy atom. The molecule has 0 radical (unpaired) electrons. The van der Waals surface area contributed by atoms with Gasteiger partial charge in [-0.1, -0.05) is 33.9 Å². The van der Waals surface area contributed by atoms with Gasteiger partial charge in [0, 0.05) is 8.80 Å². The number of halogens is 2. The van der Waals surface area contributed by atoms with E-state index in [4.69, 9.17) is 0 Å². The quantitative estimate of drug-likeness (QED) is 0.424. The van der Waals surface area contributed by atoms with Crippen LogP contribution in [0.3, 0.4) is 0 Å². The SMILES string of the molecule is C[SiH](C)C1=[C-]CC=C1.Cc1[c-][nH]c(C)c1C.[Cl-].[Cl-].[Ti+4]. The third-order valence-corrected chi connectivity index (χ3v) is 4.55. The molecule has 1 N–H and O–H groups in total. The third kappa shape index (κ3) is 8.21. The minimum atomic E-state index is -0.504. The summed E-state index contributed by atoms with van der Waals surface area (Å²) in [5.41, 5.74) is 3.77. The van der Waals surface area contributed by atoms with Crippen molar-refractivity contribution in [2.75, 3.05) is 0 Å². The van der Waals surface area contributed by atoms with Crippen molar-refractivity contribution >= 4 is 8.80 Å². The molecule has 1 aliphatic rings. The Labute approximate surface area is 146 Å². The van der Waals surface area contributed by atoms with Crippen molar-refractivity contribution < 1.29 is 46.5 Å². The Balaban J connectivity index is -0.000000233. The molecule has 1 aromatic rings. The van der Waals surface area contributed by atoms with Crippen LogP contribution in [0.5, 0.6) is 0 Å². The van der Waals surface area contributed by atoms with E-state index in [-0.39, 0.29) is 46.5 Å². The van der Waals surface area contributed by atoms with E-state index in [1.165, 1.54) is 22.0 Å². The summed E-state index contributed by atoms with van der Waals surface area (Å²) in [6.45, 7) is 10.9. The van der Waals surface area contributed by atoms with Crippen LogP contribution < -0.4 is 24.8 Å². The molecule has 0 amide bonds. The van der Waals surface area contributed by atoms with Gasteiger partial charge in [0.2, 0.25) is 0 Å². The molecule has 19 heavy (non-hydrogen) atoms. The third-order valence-electron chi connectivity index (χ3n) is 2.91. The zero-order valence-corrected chi connectivity index (χ0v) is 16.4. The largest absolute Gasteiger partial charge is 4.00 e. The Morgan fingerprint density at radius 2 is 1.74 bits per heavy atom. The summed E-state index contributed by atoms with van der Waals surface area (Å²) in [5, 5.41) is 1.50. The van der Waals surface area contributed by atoms with Crippen molar-refractivity contribution in [2.24, 2.45) is 0 Å². The number of aromatic nitrogens is 1. The van der Waals surface area contributed by atoms with Crippen LogP contribution in [0.4, 0.5) is 0 Å². The molecule has 0 bridgehead atoms. The maximum Gasteiger partial charge on any atom is 4.00 e. The molecule has 0 unspecified atom stereocenters. The minimum Gasteiger partial charge on any atom is -1.00 e. The van der Waals surface area contributed by atoms with Gasteiger partial charge >= 0.3 is 21.7 Å².